The fourth-order valence-corrected chi connectivity index (χ4v) is 4.03. The second-order valence-electron chi connectivity index (χ2n) is 7.74. The van der Waals surface area contributed by atoms with Crippen LogP contribution in [0.5, 0.6) is 5.75 Å². The van der Waals surface area contributed by atoms with Crippen LogP contribution in [-0.2, 0) is 0 Å². The zero-order chi connectivity index (χ0) is 19.0. The Morgan fingerprint density at radius 1 is 1.19 bits per heavy atom. The van der Waals surface area contributed by atoms with Crippen LogP contribution in [0.1, 0.15) is 37.3 Å². The van der Waals surface area contributed by atoms with Crippen molar-refractivity contribution in [2.24, 2.45) is 0 Å². The summed E-state index contributed by atoms with van der Waals surface area (Å²) >= 11 is 0. The third-order valence-electron chi connectivity index (χ3n) is 5.64. The predicted molar refractivity (Wildman–Crippen MR) is 109 cm³/mol. The van der Waals surface area contributed by atoms with Crippen molar-refractivity contribution in [3.05, 3.63) is 66.0 Å². The molecule has 2 N–H and O–H groups in total. The molecule has 140 valence electrons. The van der Waals surface area contributed by atoms with Gasteiger partial charge < -0.3 is 20.3 Å². The molecule has 3 heterocycles. The van der Waals surface area contributed by atoms with Crippen molar-refractivity contribution in [2.75, 3.05) is 18.0 Å². The maximum atomic E-state index is 9.89. The van der Waals surface area contributed by atoms with Crippen molar-refractivity contribution < 1.29 is 5.11 Å². The molecule has 2 atom stereocenters. The first-order valence-electron chi connectivity index (χ1n) is 9.56. The van der Waals surface area contributed by atoms with Crippen molar-refractivity contribution in [3.63, 3.8) is 0 Å². The molecule has 2 fully saturated rings. The number of anilines is 1. The van der Waals surface area contributed by atoms with E-state index in [1.165, 1.54) is 5.56 Å². The van der Waals surface area contributed by atoms with E-state index >= 15 is 0 Å². The minimum atomic E-state index is 0.150. The summed E-state index contributed by atoms with van der Waals surface area (Å²) in [6.07, 6.45) is 6.92. The summed E-state index contributed by atoms with van der Waals surface area (Å²) in [7, 11) is 0. The summed E-state index contributed by atoms with van der Waals surface area (Å²) in [6, 6.07) is 12.2. The van der Waals surface area contributed by atoms with Gasteiger partial charge in [-0.2, -0.15) is 0 Å². The highest BCUT2D eigenvalue weighted by molar-refractivity contribution is 6.08. The van der Waals surface area contributed by atoms with E-state index in [2.05, 4.69) is 40.8 Å². The topological polar surface area (TPSA) is 63.5 Å². The van der Waals surface area contributed by atoms with Gasteiger partial charge in [-0.15, -0.1) is 0 Å². The Labute approximate surface area is 160 Å². The summed E-state index contributed by atoms with van der Waals surface area (Å²) < 4.78 is 0. The van der Waals surface area contributed by atoms with E-state index in [9.17, 15) is 5.11 Å². The van der Waals surface area contributed by atoms with Crippen LogP contribution in [0.4, 0.5) is 5.82 Å². The summed E-state index contributed by atoms with van der Waals surface area (Å²) in [4.78, 5) is 9.40. The van der Waals surface area contributed by atoms with Crippen LogP contribution in [0, 0.1) is 5.41 Å². The summed E-state index contributed by atoms with van der Waals surface area (Å²) in [5, 5.41) is 18.1. The van der Waals surface area contributed by atoms with E-state index in [1.54, 1.807) is 24.3 Å². The van der Waals surface area contributed by atoms with Crippen LogP contribution in [-0.4, -0.2) is 45.9 Å². The van der Waals surface area contributed by atoms with Crippen LogP contribution in [0.15, 0.2) is 54.9 Å². The molecule has 5 heteroatoms. The number of rotatable bonds is 5. The quantitative estimate of drug-likeness (QED) is 0.795. The molecular weight excluding hydrogens is 336 g/mol. The van der Waals surface area contributed by atoms with E-state index in [0.29, 0.717) is 29.3 Å². The normalized spacial score (nSPS) is 21.6. The third kappa shape index (κ3) is 3.42. The zero-order valence-corrected chi connectivity index (χ0v) is 15.8. The van der Waals surface area contributed by atoms with Crippen LogP contribution in [0.3, 0.4) is 0 Å². The molecule has 2 aliphatic heterocycles. The molecule has 2 aliphatic rings. The monoisotopic (exact) mass is 362 g/mol. The average Bonchev–Trinajstić information content (AvgIpc) is 3.27. The number of piperazine rings is 1. The van der Waals surface area contributed by atoms with Crippen LogP contribution in [0.25, 0.3) is 0 Å². The van der Waals surface area contributed by atoms with Crippen molar-refractivity contribution >= 4 is 11.5 Å². The molecule has 0 amide bonds. The Morgan fingerprint density at radius 3 is 2.63 bits per heavy atom. The number of hydrogen-bond donors (Lipinski definition) is 2. The highest BCUT2D eigenvalue weighted by Crippen LogP contribution is 2.34. The number of likely N-dealkylation sites (tertiary alicyclic amines) is 1. The van der Waals surface area contributed by atoms with Gasteiger partial charge in [-0.1, -0.05) is 32.0 Å². The largest absolute Gasteiger partial charge is 0.507 e. The fraction of sp³-hybridized carbons (Fsp3) is 0.364. The van der Waals surface area contributed by atoms with Crippen molar-refractivity contribution in [3.8, 4) is 5.75 Å². The first kappa shape index (κ1) is 17.6. The van der Waals surface area contributed by atoms with E-state index in [0.717, 1.165) is 25.3 Å². The fourth-order valence-electron chi connectivity index (χ4n) is 4.03. The Bertz CT molecular complexity index is 859. The minimum absolute atomic E-state index is 0.150. The van der Waals surface area contributed by atoms with E-state index in [1.807, 2.05) is 18.5 Å². The molecule has 0 spiro atoms. The molecule has 4 rings (SSSR count). The Kier molecular flexibility index (Phi) is 4.60. The lowest BCUT2D eigenvalue weighted by Crippen LogP contribution is -2.44. The van der Waals surface area contributed by atoms with E-state index in [-0.39, 0.29) is 5.75 Å². The van der Waals surface area contributed by atoms with Crippen molar-refractivity contribution in [1.82, 2.24) is 9.88 Å². The Balaban J connectivity index is 1.40. The second kappa shape index (κ2) is 7.06. The number of allylic oxidation sites excluding steroid dienone is 1. The van der Waals surface area contributed by atoms with Gasteiger partial charge in [0.1, 0.15) is 11.6 Å². The molecule has 2 aromatic rings. The molecule has 1 aromatic carbocycles. The molecule has 1 aromatic heterocycles. The van der Waals surface area contributed by atoms with E-state index in [4.69, 9.17) is 5.41 Å². The number of pyridine rings is 1. The number of phenolic OH excluding ortho intramolecular Hbond substituents is 1. The predicted octanol–water partition coefficient (Wildman–Crippen LogP) is 3.76. The van der Waals surface area contributed by atoms with Gasteiger partial charge in [0.15, 0.2) is 0 Å². The molecule has 2 saturated heterocycles. The lowest BCUT2D eigenvalue weighted by Gasteiger charge is -2.34. The average molecular weight is 362 g/mol. The SMILES string of the molecule is CC(C)c1ccc(N2C[C@H]3C[C@@H]2CN3/C=C/C(=N)c2ccccc2O)nc1. The number of benzene rings is 1. The Morgan fingerprint density at radius 2 is 2.00 bits per heavy atom. The number of para-hydroxylation sites is 1. The van der Waals surface area contributed by atoms with E-state index < -0.39 is 0 Å². The molecule has 0 saturated carbocycles. The maximum Gasteiger partial charge on any atom is 0.128 e. The van der Waals surface area contributed by atoms with Gasteiger partial charge in [0.05, 0.1) is 5.71 Å². The number of nitrogens with zero attached hydrogens (tertiary/aromatic N) is 3. The lowest BCUT2D eigenvalue weighted by molar-refractivity contribution is 0.329. The first-order valence-corrected chi connectivity index (χ1v) is 9.56. The minimum Gasteiger partial charge on any atom is -0.507 e. The molecular formula is C22H26N4O. The summed E-state index contributed by atoms with van der Waals surface area (Å²) in [5.41, 5.74) is 2.17. The highest BCUT2D eigenvalue weighted by Gasteiger charge is 2.42. The second-order valence-corrected chi connectivity index (χ2v) is 7.74. The number of hydrogen-bond acceptors (Lipinski definition) is 5. The molecule has 27 heavy (non-hydrogen) atoms. The van der Waals surface area contributed by atoms with Gasteiger partial charge in [0.2, 0.25) is 0 Å². The Hall–Kier alpha value is -2.82. The van der Waals surface area contributed by atoms with Gasteiger partial charge in [-0.05, 0) is 42.2 Å². The van der Waals surface area contributed by atoms with Gasteiger partial charge >= 0.3 is 0 Å². The van der Waals surface area contributed by atoms with Crippen LogP contribution in [0.2, 0.25) is 0 Å². The molecule has 2 bridgehead atoms. The number of nitrogens with one attached hydrogen (secondary N) is 1. The van der Waals surface area contributed by atoms with Gasteiger partial charge in [0.25, 0.3) is 0 Å². The first-order chi connectivity index (χ1) is 13.0. The molecule has 0 radical (unpaired) electrons. The highest BCUT2D eigenvalue weighted by atomic mass is 16.3. The van der Waals surface area contributed by atoms with Gasteiger partial charge in [-0.25, -0.2) is 4.98 Å². The summed E-state index contributed by atoms with van der Waals surface area (Å²) in [6.45, 7) is 6.28. The number of aromatic hydroxyl groups is 1. The standard InChI is InChI=1S/C22H26N4O/c1-15(2)16-7-8-22(24-12-16)26-14-17-11-18(26)13-25(17)10-9-20(23)19-5-3-4-6-21(19)27/h3-10,12,15,17-18,23,27H,11,13-14H2,1-2H3/b10-9+,23-20?/t17-,18-/m1/s1. The smallest absolute Gasteiger partial charge is 0.128 e. The van der Waals surface area contributed by atoms with Crippen molar-refractivity contribution in [1.29, 1.82) is 5.41 Å². The number of fused-ring (bicyclic) bond motifs is 2. The van der Waals surface area contributed by atoms with Crippen LogP contribution < -0.4 is 4.90 Å². The maximum absolute atomic E-state index is 9.89. The molecule has 0 aliphatic carbocycles. The lowest BCUT2D eigenvalue weighted by atomic mass is 10.1. The third-order valence-corrected chi connectivity index (χ3v) is 5.64. The number of aromatic nitrogens is 1. The van der Waals surface area contributed by atoms with Crippen LogP contribution >= 0.6 is 0 Å². The van der Waals surface area contributed by atoms with Gasteiger partial charge in [0, 0.05) is 43.1 Å². The van der Waals surface area contributed by atoms with Gasteiger partial charge in [-0.3, -0.25) is 0 Å². The molecule has 0 unspecified atom stereocenters. The molecule has 5 nitrogen and oxygen atoms in total. The summed E-state index contributed by atoms with van der Waals surface area (Å²) in [5.74, 6) is 1.72. The number of phenols is 1. The van der Waals surface area contributed by atoms with Crippen molar-refractivity contribution in [2.45, 2.75) is 38.3 Å². The zero-order valence-electron chi connectivity index (χ0n) is 15.8.